The fourth-order valence-electron chi connectivity index (χ4n) is 0.611. The SMILES string of the molecule is CCC(F)C[C@H](F)CC. The third-order valence-corrected chi connectivity index (χ3v) is 1.40. The predicted octanol–water partition coefficient (Wildman–Crippen LogP) is 2.87. The van der Waals surface area contributed by atoms with E-state index in [4.69, 9.17) is 0 Å². The molecule has 56 valence electrons. The molecule has 0 aromatic heterocycles. The Kier molecular flexibility index (Phi) is 4.64. The Balaban J connectivity index is 3.22. The summed E-state index contributed by atoms with van der Waals surface area (Å²) in [6.45, 7) is 3.46. The quantitative estimate of drug-likeness (QED) is 0.557. The van der Waals surface area contributed by atoms with E-state index in [1.54, 1.807) is 13.8 Å². The van der Waals surface area contributed by atoms with Gasteiger partial charge in [0.15, 0.2) is 0 Å². The number of alkyl halides is 2. The molecule has 0 amide bonds. The van der Waals surface area contributed by atoms with Crippen molar-refractivity contribution in [1.82, 2.24) is 0 Å². The molecule has 2 atom stereocenters. The van der Waals surface area contributed by atoms with Crippen molar-refractivity contribution in [3.63, 3.8) is 0 Å². The van der Waals surface area contributed by atoms with Gasteiger partial charge in [-0.2, -0.15) is 0 Å². The number of hydrogen-bond acceptors (Lipinski definition) is 0. The molecule has 0 heterocycles. The molecule has 0 aromatic carbocycles. The zero-order valence-electron chi connectivity index (χ0n) is 6.03. The van der Waals surface area contributed by atoms with Crippen molar-refractivity contribution in [2.45, 2.75) is 45.5 Å². The van der Waals surface area contributed by atoms with Crippen molar-refractivity contribution >= 4 is 0 Å². The van der Waals surface area contributed by atoms with E-state index >= 15 is 0 Å². The molecule has 0 bridgehead atoms. The van der Waals surface area contributed by atoms with Gasteiger partial charge in [-0.1, -0.05) is 13.8 Å². The molecule has 0 aliphatic rings. The van der Waals surface area contributed by atoms with E-state index in [0.717, 1.165) is 0 Å². The van der Waals surface area contributed by atoms with Crippen molar-refractivity contribution in [1.29, 1.82) is 0 Å². The number of hydrogen-bond donors (Lipinski definition) is 0. The molecule has 0 fully saturated rings. The van der Waals surface area contributed by atoms with Crippen LogP contribution in [0.15, 0.2) is 0 Å². The zero-order valence-corrected chi connectivity index (χ0v) is 6.03. The smallest absolute Gasteiger partial charge is 0.103 e. The monoisotopic (exact) mass is 136 g/mol. The van der Waals surface area contributed by atoms with Crippen LogP contribution < -0.4 is 0 Å². The lowest BCUT2D eigenvalue weighted by Gasteiger charge is -2.06. The summed E-state index contributed by atoms with van der Waals surface area (Å²) in [5.74, 6) is 0. The summed E-state index contributed by atoms with van der Waals surface area (Å²) in [5.41, 5.74) is 0. The third-order valence-electron chi connectivity index (χ3n) is 1.40. The van der Waals surface area contributed by atoms with Crippen molar-refractivity contribution in [3.05, 3.63) is 0 Å². The van der Waals surface area contributed by atoms with Gasteiger partial charge in [0.1, 0.15) is 12.3 Å². The van der Waals surface area contributed by atoms with E-state index in [1.165, 1.54) is 0 Å². The largest absolute Gasteiger partial charge is 0.247 e. The standard InChI is InChI=1S/C7H14F2/c1-3-6(8)5-7(9)4-2/h6-7H,3-5H2,1-2H3/t6-,7?/m1/s1. The average molecular weight is 136 g/mol. The molecule has 0 aromatic rings. The molecule has 0 rings (SSSR count). The summed E-state index contributed by atoms with van der Waals surface area (Å²) in [4.78, 5) is 0. The van der Waals surface area contributed by atoms with Crippen LogP contribution in [0, 0.1) is 0 Å². The minimum atomic E-state index is -0.944. The van der Waals surface area contributed by atoms with E-state index in [2.05, 4.69) is 0 Å². The van der Waals surface area contributed by atoms with Crippen LogP contribution in [0.4, 0.5) is 8.78 Å². The molecule has 2 heteroatoms. The Bertz CT molecular complexity index is 55.9. The first-order chi connectivity index (χ1) is 4.20. The second-order valence-electron chi connectivity index (χ2n) is 2.25. The summed E-state index contributed by atoms with van der Waals surface area (Å²) in [5, 5.41) is 0. The molecule has 0 saturated carbocycles. The average Bonchev–Trinajstić information content (AvgIpc) is 1.87. The van der Waals surface area contributed by atoms with Crippen molar-refractivity contribution in [3.8, 4) is 0 Å². The van der Waals surface area contributed by atoms with Gasteiger partial charge < -0.3 is 0 Å². The normalized spacial score (nSPS) is 17.3. The van der Waals surface area contributed by atoms with E-state index < -0.39 is 12.3 Å². The second-order valence-corrected chi connectivity index (χ2v) is 2.25. The maximum absolute atomic E-state index is 12.3. The van der Waals surface area contributed by atoms with Gasteiger partial charge in [-0.25, -0.2) is 8.78 Å². The molecule has 0 nitrogen and oxygen atoms in total. The first-order valence-corrected chi connectivity index (χ1v) is 3.48. The summed E-state index contributed by atoms with van der Waals surface area (Å²) in [7, 11) is 0. The van der Waals surface area contributed by atoms with E-state index in [9.17, 15) is 8.78 Å². The third kappa shape index (κ3) is 4.37. The fourth-order valence-corrected chi connectivity index (χ4v) is 0.611. The number of halogens is 2. The summed E-state index contributed by atoms with van der Waals surface area (Å²) in [6.07, 6.45) is -0.951. The maximum Gasteiger partial charge on any atom is 0.103 e. The molecule has 1 unspecified atom stereocenters. The molecular formula is C7H14F2. The Morgan fingerprint density at radius 3 is 1.56 bits per heavy atom. The highest BCUT2D eigenvalue weighted by Gasteiger charge is 2.10. The van der Waals surface area contributed by atoms with Crippen molar-refractivity contribution in [2.75, 3.05) is 0 Å². The lowest BCUT2D eigenvalue weighted by molar-refractivity contribution is 0.210. The van der Waals surface area contributed by atoms with Crippen LogP contribution in [0.3, 0.4) is 0 Å². The molecule has 0 N–H and O–H groups in total. The van der Waals surface area contributed by atoms with Crippen molar-refractivity contribution in [2.24, 2.45) is 0 Å². The van der Waals surface area contributed by atoms with Crippen LogP contribution in [0.2, 0.25) is 0 Å². The molecule has 0 spiro atoms. The molecule has 0 aliphatic carbocycles. The predicted molar refractivity (Wildman–Crippen MR) is 35.0 cm³/mol. The van der Waals surface area contributed by atoms with E-state index in [0.29, 0.717) is 12.8 Å². The molecule has 0 saturated heterocycles. The lowest BCUT2D eigenvalue weighted by atomic mass is 10.1. The van der Waals surface area contributed by atoms with E-state index in [-0.39, 0.29) is 6.42 Å². The van der Waals surface area contributed by atoms with Gasteiger partial charge in [0, 0.05) is 6.42 Å². The van der Waals surface area contributed by atoms with E-state index in [1.807, 2.05) is 0 Å². The molecule has 0 aliphatic heterocycles. The Labute approximate surface area is 55.3 Å². The van der Waals surface area contributed by atoms with Crippen LogP contribution in [-0.2, 0) is 0 Å². The molecule has 0 radical (unpaired) electrons. The summed E-state index contributed by atoms with van der Waals surface area (Å²) >= 11 is 0. The number of rotatable bonds is 4. The first-order valence-electron chi connectivity index (χ1n) is 3.48. The summed E-state index contributed by atoms with van der Waals surface area (Å²) in [6, 6.07) is 0. The Morgan fingerprint density at radius 2 is 1.33 bits per heavy atom. The summed E-state index contributed by atoms with van der Waals surface area (Å²) < 4.78 is 24.7. The van der Waals surface area contributed by atoms with Gasteiger partial charge in [0.25, 0.3) is 0 Å². The molecular weight excluding hydrogens is 122 g/mol. The van der Waals surface area contributed by atoms with Gasteiger partial charge in [0.2, 0.25) is 0 Å². The second kappa shape index (κ2) is 4.71. The Morgan fingerprint density at radius 1 is 1.00 bits per heavy atom. The van der Waals surface area contributed by atoms with Crippen LogP contribution in [0.1, 0.15) is 33.1 Å². The van der Waals surface area contributed by atoms with Gasteiger partial charge >= 0.3 is 0 Å². The molecule has 9 heavy (non-hydrogen) atoms. The lowest BCUT2D eigenvalue weighted by Crippen LogP contribution is -2.07. The highest BCUT2D eigenvalue weighted by atomic mass is 19.1. The zero-order chi connectivity index (χ0) is 7.28. The van der Waals surface area contributed by atoms with Crippen LogP contribution >= 0.6 is 0 Å². The minimum absolute atomic E-state index is 0.0764. The first kappa shape index (κ1) is 8.86. The van der Waals surface area contributed by atoms with Gasteiger partial charge in [0.05, 0.1) is 0 Å². The van der Waals surface area contributed by atoms with Crippen LogP contribution in [0.5, 0.6) is 0 Å². The topological polar surface area (TPSA) is 0 Å². The van der Waals surface area contributed by atoms with Gasteiger partial charge in [-0.05, 0) is 12.8 Å². The minimum Gasteiger partial charge on any atom is -0.247 e. The van der Waals surface area contributed by atoms with Gasteiger partial charge in [-0.15, -0.1) is 0 Å². The van der Waals surface area contributed by atoms with Crippen molar-refractivity contribution < 1.29 is 8.78 Å². The fraction of sp³-hybridized carbons (Fsp3) is 1.00. The van der Waals surface area contributed by atoms with Crippen LogP contribution in [-0.4, -0.2) is 12.3 Å². The highest BCUT2D eigenvalue weighted by Crippen LogP contribution is 2.11. The maximum atomic E-state index is 12.3. The van der Waals surface area contributed by atoms with Gasteiger partial charge in [-0.3, -0.25) is 0 Å². The Hall–Kier alpha value is -0.140. The highest BCUT2D eigenvalue weighted by molar-refractivity contribution is 4.60. The van der Waals surface area contributed by atoms with Crippen LogP contribution in [0.25, 0.3) is 0 Å².